The fraction of sp³-hybridized carbons (Fsp3) is 0.111. The lowest BCUT2D eigenvalue weighted by Gasteiger charge is -2.08. The quantitative estimate of drug-likeness (QED) is 0.478. The van der Waals surface area contributed by atoms with Crippen molar-refractivity contribution < 1.29 is 32.6 Å². The van der Waals surface area contributed by atoms with E-state index in [1.54, 1.807) is 6.07 Å². The van der Waals surface area contributed by atoms with Gasteiger partial charge >= 0.3 is 12.6 Å². The van der Waals surface area contributed by atoms with Crippen molar-refractivity contribution in [3.8, 4) is 17.2 Å². The molecule has 1 aliphatic rings. The molecule has 0 atom stereocenters. The molecule has 1 aliphatic heterocycles. The van der Waals surface area contributed by atoms with Gasteiger partial charge in [-0.3, -0.25) is 9.59 Å². The molecule has 0 saturated carbocycles. The van der Waals surface area contributed by atoms with Gasteiger partial charge in [0, 0.05) is 18.6 Å². The van der Waals surface area contributed by atoms with E-state index in [9.17, 15) is 18.4 Å². The minimum Gasteiger partial charge on any atom is -0.452 e. The lowest BCUT2D eigenvalue weighted by molar-refractivity contribution is -0.131. The first-order chi connectivity index (χ1) is 11.9. The second kappa shape index (κ2) is 6.72. The summed E-state index contributed by atoms with van der Waals surface area (Å²) < 4.78 is 39.8. The van der Waals surface area contributed by atoms with Crippen molar-refractivity contribution in [3.63, 3.8) is 0 Å². The van der Waals surface area contributed by atoms with Crippen molar-refractivity contribution in [1.82, 2.24) is 0 Å². The number of ether oxygens (including phenoxy) is 3. The molecule has 0 fully saturated rings. The lowest BCUT2D eigenvalue weighted by atomic mass is 10.1. The number of halogens is 2. The molecule has 0 aromatic heterocycles. The van der Waals surface area contributed by atoms with Crippen LogP contribution in [0.25, 0.3) is 6.08 Å². The van der Waals surface area contributed by atoms with Crippen molar-refractivity contribution in [2.45, 2.75) is 13.5 Å². The highest BCUT2D eigenvalue weighted by molar-refractivity contribution is 6.14. The van der Waals surface area contributed by atoms with Gasteiger partial charge in [0.25, 0.3) is 0 Å². The van der Waals surface area contributed by atoms with Crippen LogP contribution in [0.15, 0.2) is 48.2 Å². The molecule has 25 heavy (non-hydrogen) atoms. The Labute approximate surface area is 141 Å². The lowest BCUT2D eigenvalue weighted by Crippen LogP contribution is -2.04. The van der Waals surface area contributed by atoms with Crippen molar-refractivity contribution in [3.05, 3.63) is 59.4 Å². The Morgan fingerprint density at radius 2 is 1.96 bits per heavy atom. The third-order valence-corrected chi connectivity index (χ3v) is 3.32. The average Bonchev–Trinajstić information content (AvgIpc) is 2.84. The smallest absolute Gasteiger partial charge is 0.387 e. The van der Waals surface area contributed by atoms with Gasteiger partial charge in [-0.2, -0.15) is 8.78 Å². The molecule has 0 spiro atoms. The number of benzene rings is 2. The number of rotatable bonds is 4. The summed E-state index contributed by atoms with van der Waals surface area (Å²) in [7, 11) is 0. The van der Waals surface area contributed by atoms with Gasteiger partial charge in [0.15, 0.2) is 5.76 Å². The minimum atomic E-state index is -2.98. The summed E-state index contributed by atoms with van der Waals surface area (Å²) in [6.45, 7) is -1.73. The van der Waals surface area contributed by atoms with Crippen LogP contribution in [-0.2, 0) is 4.79 Å². The van der Waals surface area contributed by atoms with E-state index in [2.05, 4.69) is 4.74 Å². The molecule has 2 aromatic carbocycles. The van der Waals surface area contributed by atoms with E-state index in [1.165, 1.54) is 49.4 Å². The zero-order valence-electron chi connectivity index (χ0n) is 13.0. The maximum absolute atomic E-state index is 12.5. The van der Waals surface area contributed by atoms with Crippen LogP contribution in [-0.4, -0.2) is 18.4 Å². The van der Waals surface area contributed by atoms with Crippen LogP contribution in [0, 0.1) is 0 Å². The first-order valence-electron chi connectivity index (χ1n) is 7.24. The number of carbonyl (C=O) groups excluding carboxylic acids is 2. The van der Waals surface area contributed by atoms with Gasteiger partial charge in [-0.15, -0.1) is 0 Å². The normalized spacial score (nSPS) is 14.4. The highest BCUT2D eigenvalue weighted by Crippen LogP contribution is 2.35. The Morgan fingerprint density at radius 1 is 1.20 bits per heavy atom. The molecule has 5 nitrogen and oxygen atoms in total. The number of Topliss-reactive ketones (excluding diaryl/α,β-unsaturated/α-hetero) is 1. The molecule has 0 aliphatic carbocycles. The summed E-state index contributed by atoms with van der Waals surface area (Å²) in [5.74, 6) is -0.559. The number of hydrogen-bond acceptors (Lipinski definition) is 5. The second-order valence-electron chi connectivity index (χ2n) is 5.11. The predicted octanol–water partition coefficient (Wildman–Crippen LogP) is 3.83. The van der Waals surface area contributed by atoms with E-state index in [1.807, 2.05) is 0 Å². The summed E-state index contributed by atoms with van der Waals surface area (Å²) in [5.41, 5.74) is 0.563. The van der Waals surface area contributed by atoms with Crippen LogP contribution < -0.4 is 14.2 Å². The average molecular weight is 346 g/mol. The third kappa shape index (κ3) is 3.65. The Balaban J connectivity index is 1.91. The summed E-state index contributed by atoms with van der Waals surface area (Å²) in [4.78, 5) is 23.4. The Kier molecular flexibility index (Phi) is 4.47. The maximum atomic E-state index is 12.5. The van der Waals surface area contributed by atoms with E-state index < -0.39 is 18.4 Å². The summed E-state index contributed by atoms with van der Waals surface area (Å²) >= 11 is 0. The van der Waals surface area contributed by atoms with E-state index in [4.69, 9.17) is 9.47 Å². The molecule has 128 valence electrons. The molecule has 2 aromatic rings. The number of alkyl halides is 2. The Hall–Kier alpha value is -3.22. The SMILES string of the molecule is CC(=O)Oc1ccc2c(c1)O/C(=C\c1ccccc1OC(F)F)C2=O. The van der Waals surface area contributed by atoms with Gasteiger partial charge in [0.2, 0.25) is 5.78 Å². The monoisotopic (exact) mass is 346 g/mol. The Morgan fingerprint density at radius 3 is 2.68 bits per heavy atom. The standard InChI is InChI=1S/C18H12F2O5/c1-10(21)23-12-6-7-13-15(9-12)24-16(17(13)22)8-11-4-2-3-5-14(11)25-18(19)20/h2-9,18H,1H3/b16-8-. The highest BCUT2D eigenvalue weighted by atomic mass is 19.3. The third-order valence-electron chi connectivity index (χ3n) is 3.32. The molecule has 3 rings (SSSR count). The van der Waals surface area contributed by atoms with Gasteiger partial charge in [-0.25, -0.2) is 0 Å². The highest BCUT2D eigenvalue weighted by Gasteiger charge is 2.28. The van der Waals surface area contributed by atoms with Crippen LogP contribution >= 0.6 is 0 Å². The van der Waals surface area contributed by atoms with Gasteiger partial charge in [-0.05, 0) is 24.3 Å². The van der Waals surface area contributed by atoms with E-state index >= 15 is 0 Å². The van der Waals surface area contributed by atoms with E-state index in [0.29, 0.717) is 0 Å². The van der Waals surface area contributed by atoms with Crippen molar-refractivity contribution >= 4 is 17.8 Å². The number of esters is 1. The molecule has 0 saturated heterocycles. The largest absolute Gasteiger partial charge is 0.452 e. The van der Waals surface area contributed by atoms with Crippen molar-refractivity contribution in [2.75, 3.05) is 0 Å². The van der Waals surface area contributed by atoms with Gasteiger partial charge in [-0.1, -0.05) is 18.2 Å². The zero-order chi connectivity index (χ0) is 18.0. The van der Waals surface area contributed by atoms with Gasteiger partial charge in [0.05, 0.1) is 5.56 Å². The number of para-hydroxylation sites is 1. The molecule has 1 heterocycles. The van der Waals surface area contributed by atoms with Crippen LogP contribution in [0.3, 0.4) is 0 Å². The zero-order valence-corrected chi connectivity index (χ0v) is 13.0. The summed E-state index contributed by atoms with van der Waals surface area (Å²) in [6.07, 6.45) is 1.32. The predicted molar refractivity (Wildman–Crippen MR) is 83.8 cm³/mol. The molecule has 0 bridgehead atoms. The second-order valence-corrected chi connectivity index (χ2v) is 5.11. The maximum Gasteiger partial charge on any atom is 0.387 e. The summed E-state index contributed by atoms with van der Waals surface area (Å²) in [6, 6.07) is 10.4. The van der Waals surface area contributed by atoms with Crippen LogP contribution in [0.1, 0.15) is 22.8 Å². The fourth-order valence-corrected chi connectivity index (χ4v) is 2.34. The Bertz CT molecular complexity index is 874. The van der Waals surface area contributed by atoms with Crippen LogP contribution in [0.4, 0.5) is 8.78 Å². The van der Waals surface area contributed by atoms with E-state index in [-0.39, 0.29) is 34.1 Å². The first-order valence-corrected chi connectivity index (χ1v) is 7.24. The number of allylic oxidation sites excluding steroid dienone is 1. The van der Waals surface area contributed by atoms with E-state index in [0.717, 1.165) is 0 Å². The molecular weight excluding hydrogens is 334 g/mol. The number of carbonyl (C=O) groups is 2. The summed E-state index contributed by atoms with van der Waals surface area (Å²) in [5, 5.41) is 0. The van der Waals surface area contributed by atoms with Gasteiger partial charge < -0.3 is 14.2 Å². The molecule has 0 N–H and O–H groups in total. The molecule has 0 amide bonds. The molecule has 7 heteroatoms. The topological polar surface area (TPSA) is 61.8 Å². The number of fused-ring (bicyclic) bond motifs is 1. The molecule has 0 radical (unpaired) electrons. The van der Waals surface area contributed by atoms with Crippen molar-refractivity contribution in [1.29, 1.82) is 0 Å². The van der Waals surface area contributed by atoms with Crippen molar-refractivity contribution in [2.24, 2.45) is 0 Å². The first kappa shape index (κ1) is 16.6. The number of hydrogen-bond donors (Lipinski definition) is 0. The molecular formula is C18H12F2O5. The molecule has 0 unspecified atom stereocenters. The fourth-order valence-electron chi connectivity index (χ4n) is 2.34. The number of ketones is 1. The van der Waals surface area contributed by atoms with Gasteiger partial charge in [0.1, 0.15) is 17.2 Å². The van der Waals surface area contributed by atoms with Crippen LogP contribution in [0.5, 0.6) is 17.2 Å². The minimum absolute atomic E-state index is 0.0414. The van der Waals surface area contributed by atoms with Crippen LogP contribution in [0.2, 0.25) is 0 Å².